The number of halogens is 1. The number of guanidine groups is 1. The van der Waals surface area contributed by atoms with Gasteiger partial charge in [-0.1, -0.05) is 31.8 Å². The summed E-state index contributed by atoms with van der Waals surface area (Å²) in [6.45, 7) is 4.83. The zero-order valence-electron chi connectivity index (χ0n) is 12.5. The predicted molar refractivity (Wildman–Crippen MR) is 91.6 cm³/mol. The Morgan fingerprint density at radius 2 is 2.15 bits per heavy atom. The largest absolute Gasteiger partial charge is 0.359 e. The minimum Gasteiger partial charge on any atom is -0.359 e. The Kier molecular flexibility index (Phi) is 7.32. The van der Waals surface area contributed by atoms with Crippen molar-refractivity contribution in [3.05, 3.63) is 17.5 Å². The van der Waals surface area contributed by atoms with Crippen molar-refractivity contribution in [2.45, 2.75) is 58.0 Å². The lowest BCUT2D eigenvalue weighted by atomic mass is 10.1. The van der Waals surface area contributed by atoms with E-state index in [0.717, 1.165) is 17.4 Å². The zero-order chi connectivity index (χ0) is 13.7. The first-order valence-corrected chi connectivity index (χ1v) is 7.11. The molecule has 5 nitrogen and oxygen atoms in total. The lowest BCUT2D eigenvalue weighted by Gasteiger charge is -2.15. The topological polar surface area (TPSA) is 62.5 Å². The van der Waals surface area contributed by atoms with E-state index in [1.54, 1.807) is 7.05 Å². The molecule has 2 N–H and O–H groups in total. The molecule has 0 bridgehead atoms. The van der Waals surface area contributed by atoms with E-state index in [9.17, 15) is 0 Å². The molecule has 1 aromatic heterocycles. The van der Waals surface area contributed by atoms with Crippen LogP contribution in [0.2, 0.25) is 0 Å². The van der Waals surface area contributed by atoms with Crippen LogP contribution in [0.5, 0.6) is 0 Å². The fraction of sp³-hybridized carbons (Fsp3) is 0.714. The average Bonchev–Trinajstić information content (AvgIpc) is 3.05. The molecule has 2 rings (SSSR count). The molecule has 0 saturated heterocycles. The minimum absolute atomic E-state index is 0. The number of aromatic nitrogens is 1. The maximum Gasteiger partial charge on any atom is 0.191 e. The lowest BCUT2D eigenvalue weighted by Crippen LogP contribution is -2.41. The monoisotopic (exact) mass is 392 g/mol. The predicted octanol–water partition coefficient (Wildman–Crippen LogP) is 3.02. The van der Waals surface area contributed by atoms with Gasteiger partial charge < -0.3 is 15.2 Å². The van der Waals surface area contributed by atoms with Crippen molar-refractivity contribution in [2.24, 2.45) is 4.99 Å². The Bertz CT molecular complexity index is 425. The fourth-order valence-corrected chi connectivity index (χ4v) is 2.31. The maximum absolute atomic E-state index is 5.30. The number of aliphatic imine (C=N–C) groups is 1. The highest BCUT2D eigenvalue weighted by atomic mass is 127. The van der Waals surface area contributed by atoms with Crippen LogP contribution in [-0.4, -0.2) is 24.2 Å². The molecule has 1 heterocycles. The Hall–Kier alpha value is -0.790. The molecular weight excluding hydrogens is 367 g/mol. The molecule has 6 heteroatoms. The van der Waals surface area contributed by atoms with Crippen LogP contribution in [0.15, 0.2) is 15.6 Å². The summed E-state index contributed by atoms with van der Waals surface area (Å²) in [5.74, 6) is 2.08. The van der Waals surface area contributed by atoms with E-state index in [-0.39, 0.29) is 24.0 Å². The highest BCUT2D eigenvalue weighted by molar-refractivity contribution is 14.0. The van der Waals surface area contributed by atoms with Gasteiger partial charge in [0.2, 0.25) is 0 Å². The molecule has 0 unspecified atom stereocenters. The van der Waals surface area contributed by atoms with Gasteiger partial charge in [0.05, 0.1) is 12.2 Å². The van der Waals surface area contributed by atoms with Gasteiger partial charge in [-0.3, -0.25) is 4.99 Å². The summed E-state index contributed by atoms with van der Waals surface area (Å²) in [5, 5.41) is 10.8. The molecule has 0 aromatic carbocycles. The Morgan fingerprint density at radius 3 is 2.70 bits per heavy atom. The first kappa shape index (κ1) is 17.3. The van der Waals surface area contributed by atoms with E-state index in [2.05, 4.69) is 34.6 Å². The zero-order valence-corrected chi connectivity index (χ0v) is 14.8. The second-order valence-corrected chi connectivity index (χ2v) is 5.42. The normalized spacial score (nSPS) is 16.3. The molecule has 1 fully saturated rings. The van der Waals surface area contributed by atoms with Crippen molar-refractivity contribution in [3.63, 3.8) is 0 Å². The summed E-state index contributed by atoms with van der Waals surface area (Å²) in [7, 11) is 1.80. The lowest BCUT2D eigenvalue weighted by molar-refractivity contribution is 0.371. The summed E-state index contributed by atoms with van der Waals surface area (Å²) >= 11 is 0. The third kappa shape index (κ3) is 4.96. The smallest absolute Gasteiger partial charge is 0.191 e. The number of hydrogen-bond donors (Lipinski definition) is 2. The van der Waals surface area contributed by atoms with Crippen molar-refractivity contribution >= 4 is 29.9 Å². The summed E-state index contributed by atoms with van der Waals surface area (Å²) < 4.78 is 5.30. The van der Waals surface area contributed by atoms with Crippen LogP contribution in [0.4, 0.5) is 0 Å². The Balaban J connectivity index is 0.00000200. The van der Waals surface area contributed by atoms with E-state index in [4.69, 9.17) is 4.52 Å². The van der Waals surface area contributed by atoms with E-state index in [1.165, 1.54) is 25.7 Å². The van der Waals surface area contributed by atoms with Crippen LogP contribution in [0.3, 0.4) is 0 Å². The van der Waals surface area contributed by atoms with Crippen molar-refractivity contribution in [1.82, 2.24) is 15.8 Å². The van der Waals surface area contributed by atoms with Crippen LogP contribution in [0.1, 0.15) is 56.9 Å². The van der Waals surface area contributed by atoms with Crippen LogP contribution in [-0.2, 0) is 6.54 Å². The molecule has 114 valence electrons. The van der Waals surface area contributed by atoms with Gasteiger partial charge in [-0.2, -0.15) is 0 Å². The van der Waals surface area contributed by atoms with Crippen LogP contribution < -0.4 is 10.6 Å². The van der Waals surface area contributed by atoms with Gasteiger partial charge in [0.1, 0.15) is 0 Å². The van der Waals surface area contributed by atoms with E-state index in [0.29, 0.717) is 18.5 Å². The summed E-state index contributed by atoms with van der Waals surface area (Å²) in [4.78, 5) is 4.24. The Labute approximate surface area is 138 Å². The van der Waals surface area contributed by atoms with E-state index >= 15 is 0 Å². The Morgan fingerprint density at radius 1 is 1.45 bits per heavy atom. The molecule has 1 aromatic rings. The second kappa shape index (κ2) is 8.49. The maximum atomic E-state index is 5.30. The van der Waals surface area contributed by atoms with Gasteiger partial charge in [-0.15, -0.1) is 24.0 Å². The van der Waals surface area contributed by atoms with Crippen LogP contribution >= 0.6 is 24.0 Å². The fourth-order valence-electron chi connectivity index (χ4n) is 2.31. The van der Waals surface area contributed by atoms with Gasteiger partial charge in [-0.05, 0) is 18.8 Å². The van der Waals surface area contributed by atoms with Crippen molar-refractivity contribution in [3.8, 4) is 0 Å². The molecule has 20 heavy (non-hydrogen) atoms. The SMILES string of the molecule is CN=C(NCc1cc(C(C)C)no1)NC1CCCC1.I. The quantitative estimate of drug-likeness (QED) is 0.470. The number of nitrogens with one attached hydrogen (secondary N) is 2. The van der Waals surface area contributed by atoms with Crippen molar-refractivity contribution in [2.75, 3.05) is 7.05 Å². The molecule has 0 amide bonds. The van der Waals surface area contributed by atoms with Gasteiger partial charge in [0.15, 0.2) is 11.7 Å². The molecule has 0 atom stereocenters. The first-order valence-electron chi connectivity index (χ1n) is 7.11. The van der Waals surface area contributed by atoms with Crippen molar-refractivity contribution < 1.29 is 4.52 Å². The third-order valence-electron chi connectivity index (χ3n) is 3.52. The highest BCUT2D eigenvalue weighted by Gasteiger charge is 2.16. The third-order valence-corrected chi connectivity index (χ3v) is 3.52. The van der Waals surface area contributed by atoms with Gasteiger partial charge >= 0.3 is 0 Å². The minimum atomic E-state index is 0. The number of nitrogens with zero attached hydrogens (tertiary/aromatic N) is 2. The highest BCUT2D eigenvalue weighted by Crippen LogP contribution is 2.17. The van der Waals surface area contributed by atoms with E-state index < -0.39 is 0 Å². The van der Waals surface area contributed by atoms with Crippen LogP contribution in [0.25, 0.3) is 0 Å². The first-order chi connectivity index (χ1) is 9.19. The molecule has 1 saturated carbocycles. The standard InChI is InChI=1S/C14H24N4O.HI/c1-10(2)13-8-12(19-18-13)9-16-14(15-3)17-11-6-4-5-7-11;/h8,10-11H,4-7,9H2,1-3H3,(H2,15,16,17);1H. The molecule has 0 spiro atoms. The molecular formula is C14H25IN4O. The molecule has 0 radical (unpaired) electrons. The summed E-state index contributed by atoms with van der Waals surface area (Å²) in [5.41, 5.74) is 0.996. The van der Waals surface area contributed by atoms with E-state index in [1.807, 2.05) is 6.07 Å². The molecule has 1 aliphatic rings. The average molecular weight is 392 g/mol. The van der Waals surface area contributed by atoms with Gasteiger partial charge in [-0.25, -0.2) is 0 Å². The number of rotatable bonds is 4. The molecule has 0 aliphatic heterocycles. The van der Waals surface area contributed by atoms with Gasteiger partial charge in [0, 0.05) is 19.2 Å². The summed E-state index contributed by atoms with van der Waals surface area (Å²) in [6, 6.07) is 2.56. The van der Waals surface area contributed by atoms with Gasteiger partial charge in [0.25, 0.3) is 0 Å². The second-order valence-electron chi connectivity index (χ2n) is 5.42. The molecule has 1 aliphatic carbocycles. The van der Waals surface area contributed by atoms with Crippen molar-refractivity contribution in [1.29, 1.82) is 0 Å². The number of hydrogen-bond acceptors (Lipinski definition) is 3. The summed E-state index contributed by atoms with van der Waals surface area (Å²) in [6.07, 6.45) is 5.10. The van der Waals surface area contributed by atoms with Crippen LogP contribution in [0, 0.1) is 0 Å².